The summed E-state index contributed by atoms with van der Waals surface area (Å²) in [5.74, 6) is -2.02. The lowest BCUT2D eigenvalue weighted by atomic mass is 10.2. The van der Waals surface area contributed by atoms with E-state index in [-0.39, 0.29) is 40.3 Å². The molecule has 0 radical (unpaired) electrons. The van der Waals surface area contributed by atoms with Gasteiger partial charge in [0.25, 0.3) is 0 Å². The number of hydrogen-bond donors (Lipinski definition) is 3. The molecule has 0 unspecified atom stereocenters. The van der Waals surface area contributed by atoms with Gasteiger partial charge in [-0.3, -0.25) is 4.79 Å². The van der Waals surface area contributed by atoms with E-state index < -0.39 is 27.6 Å². The number of carbonyl (C=O) groups excluding carboxylic acids is 2. The second-order valence-electron chi connectivity index (χ2n) is 7.47. The number of phenols is 1. The number of esters is 1. The molecule has 0 aliphatic rings. The monoisotopic (exact) mass is 512 g/mol. The van der Waals surface area contributed by atoms with Crippen LogP contribution < -0.4 is 14.8 Å². The molecule has 0 aromatic heterocycles. The number of sulfonamides is 1. The highest BCUT2D eigenvalue weighted by atomic mass is 35.5. The smallest absolute Gasteiger partial charge is 0.397 e. The number of carbonyl (C=O) groups is 2. The third-order valence-electron chi connectivity index (χ3n) is 4.71. The van der Waals surface area contributed by atoms with Crippen LogP contribution in [-0.4, -0.2) is 38.6 Å². The number of ether oxygens (including phenoxy) is 2. The fourth-order valence-corrected chi connectivity index (χ4v) is 4.53. The van der Waals surface area contributed by atoms with E-state index in [1.807, 2.05) is 0 Å². The van der Waals surface area contributed by atoms with Gasteiger partial charge in [-0.2, -0.15) is 0 Å². The van der Waals surface area contributed by atoms with Gasteiger partial charge in [-0.15, -0.1) is 0 Å². The van der Waals surface area contributed by atoms with E-state index >= 15 is 0 Å². The summed E-state index contributed by atoms with van der Waals surface area (Å²) in [5.41, 5.74) is 0.771. The molecule has 1 amide bonds. The highest BCUT2D eigenvalue weighted by molar-refractivity contribution is 7.89. The van der Waals surface area contributed by atoms with Crippen molar-refractivity contribution in [3.8, 4) is 17.2 Å². The standard InChI is InChI=1S/C23H29ClN2O7S/c1-4-6-7-8-11-25-34(30,31)20-14-17(9-10-19(20)27)33-21-15(3)12-16(13-18(21)24)26-22(28)23(29)32-5-2/h9-10,12-14,25,27H,4-8,11H2,1-3H3,(H,26,28). The molecular weight excluding hydrogens is 484 g/mol. The van der Waals surface area contributed by atoms with Crippen molar-refractivity contribution in [3.05, 3.63) is 40.9 Å². The van der Waals surface area contributed by atoms with Crippen molar-refractivity contribution in [2.75, 3.05) is 18.5 Å². The summed E-state index contributed by atoms with van der Waals surface area (Å²) in [5, 5.41) is 12.6. The number of amides is 1. The van der Waals surface area contributed by atoms with E-state index in [4.69, 9.17) is 16.3 Å². The quantitative estimate of drug-likeness (QED) is 0.229. The number of hydrogen-bond acceptors (Lipinski definition) is 7. The summed E-state index contributed by atoms with van der Waals surface area (Å²) >= 11 is 6.31. The maximum atomic E-state index is 12.6. The zero-order valence-electron chi connectivity index (χ0n) is 19.3. The first-order valence-corrected chi connectivity index (χ1v) is 12.7. The Bertz CT molecular complexity index is 1110. The van der Waals surface area contributed by atoms with E-state index in [1.54, 1.807) is 13.8 Å². The van der Waals surface area contributed by atoms with Crippen LogP contribution in [0.2, 0.25) is 5.02 Å². The Balaban J connectivity index is 2.19. The molecule has 0 bridgehead atoms. The molecule has 2 rings (SSSR count). The molecule has 9 nitrogen and oxygen atoms in total. The second kappa shape index (κ2) is 12.6. The number of unbranched alkanes of at least 4 members (excludes halogenated alkanes) is 3. The average Bonchev–Trinajstić information content (AvgIpc) is 2.77. The van der Waals surface area contributed by atoms with Crippen LogP contribution in [0.1, 0.15) is 45.1 Å². The van der Waals surface area contributed by atoms with Gasteiger partial charge in [-0.25, -0.2) is 17.9 Å². The summed E-state index contributed by atoms with van der Waals surface area (Å²) in [4.78, 5) is 23.0. The van der Waals surface area contributed by atoms with Gasteiger partial charge in [0.15, 0.2) is 0 Å². The van der Waals surface area contributed by atoms with Gasteiger partial charge in [0.1, 0.15) is 22.1 Å². The van der Waals surface area contributed by atoms with Crippen LogP contribution in [-0.2, 0) is 24.3 Å². The molecule has 0 saturated carbocycles. The molecule has 3 N–H and O–H groups in total. The van der Waals surface area contributed by atoms with Gasteiger partial charge < -0.3 is 19.9 Å². The second-order valence-corrected chi connectivity index (χ2v) is 9.61. The van der Waals surface area contributed by atoms with Gasteiger partial charge >= 0.3 is 11.9 Å². The molecule has 0 heterocycles. The third kappa shape index (κ3) is 7.61. The number of benzene rings is 2. The molecule has 0 fully saturated rings. The number of rotatable bonds is 11. The zero-order valence-corrected chi connectivity index (χ0v) is 20.9. The van der Waals surface area contributed by atoms with Gasteiger partial charge in [-0.05, 0) is 50.1 Å². The van der Waals surface area contributed by atoms with Gasteiger partial charge in [0, 0.05) is 18.3 Å². The topological polar surface area (TPSA) is 131 Å². The van der Waals surface area contributed by atoms with E-state index in [0.717, 1.165) is 19.3 Å². The van der Waals surface area contributed by atoms with E-state index in [9.17, 15) is 23.1 Å². The number of phenolic OH excluding ortho intramolecular Hbond substituents is 1. The van der Waals surface area contributed by atoms with Crippen molar-refractivity contribution < 1.29 is 32.6 Å². The minimum atomic E-state index is -3.95. The van der Waals surface area contributed by atoms with E-state index in [0.29, 0.717) is 12.0 Å². The summed E-state index contributed by atoms with van der Waals surface area (Å²) < 4.78 is 38.2. The minimum absolute atomic E-state index is 0.0670. The van der Waals surface area contributed by atoms with E-state index in [1.165, 1.54) is 30.3 Å². The van der Waals surface area contributed by atoms with Crippen LogP contribution in [0.25, 0.3) is 0 Å². The number of aromatic hydroxyl groups is 1. The Morgan fingerprint density at radius 2 is 1.82 bits per heavy atom. The Morgan fingerprint density at radius 3 is 2.47 bits per heavy atom. The number of aryl methyl sites for hydroxylation is 1. The minimum Gasteiger partial charge on any atom is -0.507 e. The maximum Gasteiger partial charge on any atom is 0.397 e. The molecular formula is C23H29ClN2O7S. The Kier molecular flexibility index (Phi) is 10.2. The lowest BCUT2D eigenvalue weighted by Gasteiger charge is -2.15. The highest BCUT2D eigenvalue weighted by Crippen LogP contribution is 2.37. The van der Waals surface area contributed by atoms with Gasteiger partial charge in [0.2, 0.25) is 10.0 Å². The molecule has 186 valence electrons. The summed E-state index contributed by atoms with van der Waals surface area (Å²) in [6, 6.07) is 6.75. The van der Waals surface area contributed by atoms with Crippen LogP contribution in [0.3, 0.4) is 0 Å². The fraction of sp³-hybridized carbons (Fsp3) is 0.391. The predicted octanol–water partition coefficient (Wildman–Crippen LogP) is 4.51. The summed E-state index contributed by atoms with van der Waals surface area (Å²) in [6.45, 7) is 5.64. The molecule has 11 heteroatoms. The number of halogens is 1. The van der Waals surface area contributed by atoms with Crippen LogP contribution >= 0.6 is 11.6 Å². The van der Waals surface area contributed by atoms with Crippen molar-refractivity contribution in [2.24, 2.45) is 0 Å². The SMILES string of the molecule is CCCCCCNS(=O)(=O)c1cc(Oc2c(C)cc(NC(=O)C(=O)OCC)cc2Cl)ccc1O. The predicted molar refractivity (Wildman–Crippen MR) is 129 cm³/mol. The molecule has 0 aliphatic carbocycles. The number of anilines is 1. The number of nitrogens with one attached hydrogen (secondary N) is 2. The van der Waals surface area contributed by atoms with Crippen LogP contribution in [0.5, 0.6) is 17.2 Å². The van der Waals surface area contributed by atoms with Crippen molar-refractivity contribution in [2.45, 2.75) is 51.3 Å². The largest absolute Gasteiger partial charge is 0.507 e. The first-order chi connectivity index (χ1) is 16.1. The van der Waals surface area contributed by atoms with Gasteiger partial charge in [0.05, 0.1) is 11.6 Å². The fourth-order valence-electron chi connectivity index (χ4n) is 3.04. The van der Waals surface area contributed by atoms with Crippen LogP contribution in [0.15, 0.2) is 35.2 Å². The third-order valence-corrected chi connectivity index (χ3v) is 6.48. The molecule has 0 saturated heterocycles. The van der Waals surface area contributed by atoms with Crippen molar-refractivity contribution in [1.29, 1.82) is 0 Å². The molecule has 0 aliphatic heterocycles. The van der Waals surface area contributed by atoms with E-state index in [2.05, 4.69) is 21.7 Å². The molecule has 34 heavy (non-hydrogen) atoms. The molecule has 0 spiro atoms. The lowest BCUT2D eigenvalue weighted by Crippen LogP contribution is -2.25. The molecule has 2 aromatic carbocycles. The van der Waals surface area contributed by atoms with Crippen molar-refractivity contribution >= 4 is 39.2 Å². The average molecular weight is 513 g/mol. The zero-order chi connectivity index (χ0) is 25.3. The summed E-state index contributed by atoms with van der Waals surface area (Å²) in [7, 11) is -3.95. The van der Waals surface area contributed by atoms with Crippen LogP contribution in [0, 0.1) is 6.92 Å². The van der Waals surface area contributed by atoms with Crippen LogP contribution in [0.4, 0.5) is 5.69 Å². The normalized spacial score (nSPS) is 11.2. The Labute approximate surface area is 204 Å². The first-order valence-electron chi connectivity index (χ1n) is 10.9. The highest BCUT2D eigenvalue weighted by Gasteiger charge is 2.21. The maximum absolute atomic E-state index is 12.6. The Hall–Kier alpha value is -2.82. The Morgan fingerprint density at radius 1 is 1.09 bits per heavy atom. The molecule has 2 aromatic rings. The van der Waals surface area contributed by atoms with Gasteiger partial charge in [-0.1, -0.05) is 37.8 Å². The van der Waals surface area contributed by atoms with Crippen molar-refractivity contribution in [3.63, 3.8) is 0 Å². The first kappa shape index (κ1) is 27.4. The van der Waals surface area contributed by atoms with Crippen molar-refractivity contribution in [1.82, 2.24) is 4.72 Å². The lowest BCUT2D eigenvalue weighted by molar-refractivity contribution is -0.152. The summed E-state index contributed by atoms with van der Waals surface area (Å²) in [6.07, 6.45) is 3.65. The molecule has 0 atom stereocenters.